The van der Waals surface area contributed by atoms with E-state index in [4.69, 9.17) is 21.1 Å². The van der Waals surface area contributed by atoms with Gasteiger partial charge < -0.3 is 14.8 Å². The van der Waals surface area contributed by atoms with Crippen LogP contribution in [0.3, 0.4) is 0 Å². The van der Waals surface area contributed by atoms with E-state index < -0.39 is 0 Å². The van der Waals surface area contributed by atoms with Crippen LogP contribution in [0.15, 0.2) is 47.6 Å². The molecule has 3 aromatic rings. The number of hydrogen-bond donors (Lipinski definition) is 1. The van der Waals surface area contributed by atoms with Crippen molar-refractivity contribution in [3.05, 3.63) is 58.6 Å². The van der Waals surface area contributed by atoms with Crippen molar-refractivity contribution < 1.29 is 14.8 Å². The van der Waals surface area contributed by atoms with Crippen molar-refractivity contribution in [2.75, 3.05) is 19.4 Å². The normalized spacial score (nSPS) is 10.8. The van der Waals surface area contributed by atoms with E-state index in [9.17, 15) is 0 Å². The number of ether oxygens (including phenoxy) is 2. The maximum atomic E-state index is 5.91. The molecule has 0 aliphatic rings. The summed E-state index contributed by atoms with van der Waals surface area (Å²) in [5.74, 6) is 2.40. The molecule has 0 saturated carbocycles. The number of benzene rings is 2. The first-order valence-corrected chi connectivity index (χ1v) is 10.2. The second-order valence-electron chi connectivity index (χ2n) is 6.12. The summed E-state index contributed by atoms with van der Waals surface area (Å²) in [6.45, 7) is 2.30. The van der Waals surface area contributed by atoms with Crippen LogP contribution in [0.5, 0.6) is 11.5 Å². The molecule has 0 aliphatic heterocycles. The fourth-order valence-electron chi connectivity index (χ4n) is 2.55. The van der Waals surface area contributed by atoms with Crippen molar-refractivity contribution in [3.63, 3.8) is 0 Å². The summed E-state index contributed by atoms with van der Waals surface area (Å²) in [6, 6.07) is 13.7. The smallest absolute Gasteiger partial charge is 0.209 e. The molecular weight excluding hydrogens is 398 g/mol. The Balaban J connectivity index is 1.46. The van der Waals surface area contributed by atoms with Gasteiger partial charge in [-0.25, -0.2) is 4.68 Å². The Kier molecular flexibility index (Phi) is 7.53. The van der Waals surface area contributed by atoms with E-state index in [0.29, 0.717) is 11.6 Å². The second-order valence-corrected chi connectivity index (χ2v) is 7.61. The Morgan fingerprint density at radius 2 is 1.89 bits per heavy atom. The van der Waals surface area contributed by atoms with Crippen LogP contribution in [0.4, 0.5) is 0 Å². The summed E-state index contributed by atoms with van der Waals surface area (Å²) in [4.78, 5) is 0. The molecule has 148 valence electrons. The first-order chi connectivity index (χ1) is 13.7. The van der Waals surface area contributed by atoms with Gasteiger partial charge in [-0.05, 0) is 46.3 Å². The van der Waals surface area contributed by atoms with Gasteiger partial charge in [0.1, 0.15) is 13.2 Å². The molecule has 7 nitrogen and oxygen atoms in total. The van der Waals surface area contributed by atoms with Gasteiger partial charge in [0, 0.05) is 17.6 Å². The fraction of sp³-hybridized carbons (Fsp3) is 0.316. The zero-order chi connectivity index (χ0) is 19.8. The highest BCUT2D eigenvalue weighted by Crippen LogP contribution is 2.28. The number of nitrogens with zero attached hydrogens (tertiary/aromatic N) is 4. The zero-order valence-corrected chi connectivity index (χ0v) is 17.4. The predicted molar refractivity (Wildman–Crippen MR) is 109 cm³/mol. The number of thioether (sulfide) groups is 1. The minimum atomic E-state index is 0.465. The highest BCUT2D eigenvalue weighted by Gasteiger charge is 2.08. The molecule has 0 saturated heterocycles. The largest absolute Gasteiger partial charge is 0.493 e. The number of hydrogen-bond acceptors (Lipinski definition) is 6. The van der Waals surface area contributed by atoms with Gasteiger partial charge in [0.25, 0.3) is 0 Å². The van der Waals surface area contributed by atoms with E-state index in [1.165, 1.54) is 5.56 Å². The van der Waals surface area contributed by atoms with E-state index in [0.717, 1.165) is 41.1 Å². The number of tetrazole rings is 1. The molecule has 2 N–H and O–H groups in total. The highest BCUT2D eigenvalue weighted by molar-refractivity contribution is 7.99. The van der Waals surface area contributed by atoms with Crippen molar-refractivity contribution in [3.8, 4) is 11.5 Å². The fourth-order valence-corrected chi connectivity index (χ4v) is 3.46. The van der Waals surface area contributed by atoms with Crippen molar-refractivity contribution in [2.45, 2.75) is 18.3 Å². The lowest BCUT2D eigenvalue weighted by molar-refractivity contribution is -0.666. The molecule has 3 rings (SSSR count). The number of methoxy groups -OCH3 is 1. The average molecular weight is 421 g/mol. The third-order valence-electron chi connectivity index (χ3n) is 4.05. The molecule has 9 heteroatoms. The molecule has 0 aliphatic carbocycles. The lowest BCUT2D eigenvalue weighted by Gasteiger charge is -2.12. The van der Waals surface area contributed by atoms with Crippen molar-refractivity contribution >= 4 is 23.4 Å². The molecule has 0 atom stereocenters. The van der Waals surface area contributed by atoms with Crippen LogP contribution >= 0.6 is 23.4 Å². The molecule has 0 radical (unpaired) electrons. The number of halogens is 1. The van der Waals surface area contributed by atoms with Gasteiger partial charge in [0.15, 0.2) is 11.5 Å². The van der Waals surface area contributed by atoms with E-state index >= 15 is 0 Å². The van der Waals surface area contributed by atoms with E-state index in [2.05, 4.69) is 26.9 Å². The number of rotatable bonds is 10. The lowest BCUT2D eigenvalue weighted by atomic mass is 10.2. The summed E-state index contributed by atoms with van der Waals surface area (Å²) in [7, 11) is 3.50. The van der Waals surface area contributed by atoms with Crippen LogP contribution in [0.2, 0.25) is 5.02 Å². The molecule has 0 fully saturated rings. The number of nitrogens with two attached hydrogens (primary N) is 1. The molecule has 0 spiro atoms. The molecule has 28 heavy (non-hydrogen) atoms. The van der Waals surface area contributed by atoms with Gasteiger partial charge in [-0.1, -0.05) is 35.5 Å². The first-order valence-electron chi connectivity index (χ1n) is 8.86. The second kappa shape index (κ2) is 10.3. The maximum absolute atomic E-state index is 5.91. The van der Waals surface area contributed by atoms with E-state index in [1.54, 1.807) is 23.6 Å². The van der Waals surface area contributed by atoms with E-state index in [-0.39, 0.29) is 0 Å². The van der Waals surface area contributed by atoms with E-state index in [1.807, 2.05) is 43.4 Å². The molecule has 0 bridgehead atoms. The summed E-state index contributed by atoms with van der Waals surface area (Å²) >= 11 is 7.56. The third kappa shape index (κ3) is 5.85. The van der Waals surface area contributed by atoms with Crippen molar-refractivity contribution in [1.29, 1.82) is 0 Å². The minimum Gasteiger partial charge on any atom is -0.493 e. The van der Waals surface area contributed by atoms with Gasteiger partial charge in [-0.2, -0.15) is 0 Å². The zero-order valence-electron chi connectivity index (χ0n) is 15.8. The first kappa shape index (κ1) is 20.4. The minimum absolute atomic E-state index is 0.465. The Hall–Kier alpha value is -2.29. The molecule has 0 amide bonds. The summed E-state index contributed by atoms with van der Waals surface area (Å²) in [6.07, 6.45) is 0. The number of aromatic nitrogens is 4. The van der Waals surface area contributed by atoms with Gasteiger partial charge in [-0.15, -0.1) is 5.10 Å². The molecule has 2 aromatic carbocycles. The highest BCUT2D eigenvalue weighted by atomic mass is 35.5. The van der Waals surface area contributed by atoms with Gasteiger partial charge >= 0.3 is 0 Å². The molecular formula is C19H23ClN5O2S+. The molecule has 1 aromatic heterocycles. The van der Waals surface area contributed by atoms with Gasteiger partial charge in [0.05, 0.1) is 19.4 Å². The monoisotopic (exact) mass is 420 g/mol. The van der Waals surface area contributed by atoms with Crippen LogP contribution in [-0.4, -0.2) is 39.6 Å². The van der Waals surface area contributed by atoms with Gasteiger partial charge in [-0.3, -0.25) is 0 Å². The summed E-state index contributed by atoms with van der Waals surface area (Å²) in [5.41, 5.74) is 2.24. The lowest BCUT2D eigenvalue weighted by Crippen LogP contribution is -2.83. The van der Waals surface area contributed by atoms with Crippen LogP contribution in [0.1, 0.15) is 11.1 Å². The van der Waals surface area contributed by atoms with Crippen LogP contribution in [-0.2, 0) is 20.2 Å². The Bertz CT molecular complexity index is 888. The Labute approximate surface area is 173 Å². The topological polar surface area (TPSA) is 78.7 Å². The Morgan fingerprint density at radius 1 is 1.11 bits per heavy atom. The summed E-state index contributed by atoms with van der Waals surface area (Å²) in [5, 5.41) is 15.2. The van der Waals surface area contributed by atoms with Gasteiger partial charge in [0.2, 0.25) is 5.16 Å². The van der Waals surface area contributed by atoms with Crippen LogP contribution in [0.25, 0.3) is 0 Å². The standard InChI is InChI=1S/C19H22ClN5O2S/c1-25-19(22-23-24-25)28-10-9-21-12-15-5-8-17(18(11-15)26-2)27-13-14-3-6-16(20)7-4-14/h3-8,11,21H,9-10,12-13H2,1-2H3/p+1. The van der Waals surface area contributed by atoms with Crippen molar-refractivity contribution in [2.24, 2.45) is 7.05 Å². The predicted octanol–water partition coefficient (Wildman–Crippen LogP) is 2.31. The summed E-state index contributed by atoms with van der Waals surface area (Å²) < 4.78 is 13.1. The SMILES string of the molecule is COc1cc(C[NH2+]CCSc2nnnn2C)ccc1OCc1ccc(Cl)cc1. The quantitative estimate of drug-likeness (QED) is 0.400. The number of aryl methyl sites for hydroxylation is 1. The van der Waals surface area contributed by atoms with Crippen LogP contribution < -0.4 is 14.8 Å². The maximum Gasteiger partial charge on any atom is 0.209 e. The molecule has 0 unspecified atom stereocenters. The molecule has 1 heterocycles. The third-order valence-corrected chi connectivity index (χ3v) is 5.35. The van der Waals surface area contributed by atoms with Crippen LogP contribution in [0, 0.1) is 0 Å². The average Bonchev–Trinajstić information content (AvgIpc) is 3.12. The number of quaternary nitrogens is 1. The Morgan fingerprint density at radius 3 is 2.61 bits per heavy atom. The van der Waals surface area contributed by atoms with Crippen molar-refractivity contribution in [1.82, 2.24) is 20.2 Å².